The van der Waals surface area contributed by atoms with Crippen molar-refractivity contribution in [3.8, 4) is 0 Å². The zero-order valence-electron chi connectivity index (χ0n) is 14.7. The van der Waals surface area contributed by atoms with Gasteiger partial charge in [-0.3, -0.25) is 4.79 Å². The number of nitrogens with two attached hydrogens (primary N) is 1. The Morgan fingerprint density at radius 3 is 3.00 bits per heavy atom. The number of fused-ring (bicyclic) bond motifs is 1. The lowest BCUT2D eigenvalue weighted by Crippen LogP contribution is -2.32. The normalized spacial score (nSPS) is 15.5. The number of nitrogen functional groups attached to an aromatic ring is 1. The highest BCUT2D eigenvalue weighted by Crippen LogP contribution is 2.22. The third-order valence-electron chi connectivity index (χ3n) is 4.26. The summed E-state index contributed by atoms with van der Waals surface area (Å²) in [4.78, 5) is 16.6. The van der Waals surface area contributed by atoms with E-state index in [2.05, 4.69) is 44.2 Å². The van der Waals surface area contributed by atoms with E-state index in [1.807, 2.05) is 0 Å². The van der Waals surface area contributed by atoms with Gasteiger partial charge >= 0.3 is 0 Å². The molecule has 0 saturated carbocycles. The number of carbonyl (C=O) groups is 1. The molecule has 3 rings (SSSR count). The van der Waals surface area contributed by atoms with Crippen molar-refractivity contribution in [3.05, 3.63) is 35.5 Å². The summed E-state index contributed by atoms with van der Waals surface area (Å²) in [5, 5.41) is 15.2. The first-order valence-electron chi connectivity index (χ1n) is 8.69. The van der Waals surface area contributed by atoms with E-state index in [4.69, 9.17) is 5.73 Å². The predicted molar refractivity (Wildman–Crippen MR) is 94.9 cm³/mol. The maximum atomic E-state index is 12.7. The van der Waals surface area contributed by atoms with Gasteiger partial charge in [0.1, 0.15) is 11.6 Å². The van der Waals surface area contributed by atoms with Crippen LogP contribution in [0.1, 0.15) is 48.3 Å². The van der Waals surface area contributed by atoms with E-state index in [0.717, 1.165) is 44.1 Å². The van der Waals surface area contributed by atoms with Gasteiger partial charge in [0.25, 0.3) is 5.91 Å². The fourth-order valence-corrected chi connectivity index (χ4v) is 3.08. The lowest BCUT2D eigenvalue weighted by atomic mass is 10.0. The molecule has 3 heterocycles. The zero-order chi connectivity index (χ0) is 17.8. The Balaban J connectivity index is 1.85. The molecular formula is C17H25N7O. The minimum Gasteiger partial charge on any atom is -0.384 e. The molecule has 1 unspecified atom stereocenters. The minimum atomic E-state index is -0.193. The number of pyridine rings is 1. The van der Waals surface area contributed by atoms with Gasteiger partial charge in [-0.2, -0.15) is 0 Å². The van der Waals surface area contributed by atoms with Crippen LogP contribution in [0.25, 0.3) is 0 Å². The first-order valence-corrected chi connectivity index (χ1v) is 8.69. The molecule has 0 saturated heterocycles. The summed E-state index contributed by atoms with van der Waals surface area (Å²) < 4.78 is 2.13. The van der Waals surface area contributed by atoms with Crippen LogP contribution in [-0.2, 0) is 13.0 Å². The molecule has 1 atom stereocenters. The van der Waals surface area contributed by atoms with Crippen molar-refractivity contribution >= 4 is 11.7 Å². The summed E-state index contributed by atoms with van der Waals surface area (Å²) in [6.45, 7) is 6.84. The molecule has 0 radical (unpaired) electrons. The molecule has 1 aliphatic rings. The van der Waals surface area contributed by atoms with Crippen molar-refractivity contribution in [1.82, 2.24) is 30.4 Å². The Morgan fingerprint density at radius 2 is 2.24 bits per heavy atom. The molecule has 0 fully saturated rings. The van der Waals surface area contributed by atoms with E-state index in [0.29, 0.717) is 17.3 Å². The summed E-state index contributed by atoms with van der Waals surface area (Å²) in [5.41, 5.74) is 6.19. The number of rotatable bonds is 5. The van der Waals surface area contributed by atoms with E-state index >= 15 is 0 Å². The van der Waals surface area contributed by atoms with Crippen LogP contribution in [0.15, 0.2) is 18.3 Å². The fourth-order valence-electron chi connectivity index (χ4n) is 3.08. The van der Waals surface area contributed by atoms with Gasteiger partial charge in [0, 0.05) is 37.8 Å². The number of nitrogens with zero attached hydrogens (tertiary/aromatic N) is 4. The topological polar surface area (TPSA) is 111 Å². The van der Waals surface area contributed by atoms with E-state index in [-0.39, 0.29) is 11.9 Å². The molecule has 0 aromatic carbocycles. The van der Waals surface area contributed by atoms with Gasteiger partial charge in [-0.15, -0.1) is 10.2 Å². The fraction of sp³-hybridized carbons (Fsp3) is 0.529. The minimum absolute atomic E-state index is 0.177. The largest absolute Gasteiger partial charge is 0.384 e. The molecule has 8 heteroatoms. The highest BCUT2D eigenvalue weighted by molar-refractivity contribution is 5.94. The second-order valence-electron chi connectivity index (χ2n) is 6.75. The molecule has 4 N–H and O–H groups in total. The number of anilines is 1. The van der Waals surface area contributed by atoms with Gasteiger partial charge in [0.15, 0.2) is 5.82 Å². The SMILES string of the molecule is CC(C)CC(NC(=O)c1ccnc(N)c1)c1nnc2n1CCNCC2. The maximum absolute atomic E-state index is 12.7. The third kappa shape index (κ3) is 4.14. The van der Waals surface area contributed by atoms with Crippen LogP contribution in [0.3, 0.4) is 0 Å². The van der Waals surface area contributed by atoms with Gasteiger partial charge in [-0.25, -0.2) is 4.98 Å². The Bertz CT molecular complexity index is 740. The van der Waals surface area contributed by atoms with E-state index in [1.54, 1.807) is 12.1 Å². The number of hydrogen-bond donors (Lipinski definition) is 3. The zero-order valence-corrected chi connectivity index (χ0v) is 14.7. The Kier molecular flexibility index (Phi) is 5.28. The average Bonchev–Trinajstić information content (AvgIpc) is 2.82. The van der Waals surface area contributed by atoms with Gasteiger partial charge in [0.2, 0.25) is 0 Å². The van der Waals surface area contributed by atoms with Crippen molar-refractivity contribution in [2.45, 2.75) is 39.3 Å². The van der Waals surface area contributed by atoms with E-state index in [1.165, 1.54) is 6.20 Å². The quantitative estimate of drug-likeness (QED) is 0.744. The molecule has 8 nitrogen and oxygen atoms in total. The van der Waals surface area contributed by atoms with Gasteiger partial charge < -0.3 is 20.9 Å². The number of carbonyl (C=O) groups excluding carboxylic acids is 1. The summed E-state index contributed by atoms with van der Waals surface area (Å²) >= 11 is 0. The molecule has 2 aromatic heterocycles. The second-order valence-corrected chi connectivity index (χ2v) is 6.75. The van der Waals surface area contributed by atoms with E-state index in [9.17, 15) is 4.79 Å². The number of amides is 1. The summed E-state index contributed by atoms with van der Waals surface area (Å²) in [6.07, 6.45) is 3.17. The van der Waals surface area contributed by atoms with Crippen LogP contribution >= 0.6 is 0 Å². The van der Waals surface area contributed by atoms with Crippen molar-refractivity contribution in [2.24, 2.45) is 5.92 Å². The Hall–Kier alpha value is -2.48. The third-order valence-corrected chi connectivity index (χ3v) is 4.26. The van der Waals surface area contributed by atoms with Crippen molar-refractivity contribution in [2.75, 3.05) is 18.8 Å². The number of hydrogen-bond acceptors (Lipinski definition) is 6. The van der Waals surface area contributed by atoms with E-state index < -0.39 is 0 Å². The molecular weight excluding hydrogens is 318 g/mol. The van der Waals surface area contributed by atoms with Gasteiger partial charge in [0.05, 0.1) is 6.04 Å². The molecule has 0 bridgehead atoms. The Morgan fingerprint density at radius 1 is 1.40 bits per heavy atom. The summed E-state index contributed by atoms with van der Waals surface area (Å²) in [6, 6.07) is 3.05. The molecule has 0 aliphatic carbocycles. The summed E-state index contributed by atoms with van der Waals surface area (Å²) in [7, 11) is 0. The van der Waals surface area contributed by atoms with Crippen LogP contribution in [-0.4, -0.2) is 38.7 Å². The molecule has 2 aromatic rings. The van der Waals surface area contributed by atoms with Crippen molar-refractivity contribution < 1.29 is 4.79 Å². The first-order chi connectivity index (χ1) is 12.0. The number of nitrogens with one attached hydrogen (secondary N) is 2. The van der Waals surface area contributed by atoms with Crippen molar-refractivity contribution in [1.29, 1.82) is 0 Å². The standard InChI is InChI=1S/C17H25N7O/c1-11(2)9-13(21-17(25)12-3-6-20-14(18)10-12)16-23-22-15-4-5-19-7-8-24(15)16/h3,6,10-11,13,19H,4-5,7-9H2,1-2H3,(H2,18,20)(H,21,25). The molecule has 0 spiro atoms. The first kappa shape index (κ1) is 17.3. The summed E-state index contributed by atoms with van der Waals surface area (Å²) in [5.74, 6) is 2.35. The Labute approximate surface area is 147 Å². The second kappa shape index (κ2) is 7.60. The van der Waals surface area contributed by atoms with Crippen LogP contribution in [0.4, 0.5) is 5.82 Å². The molecule has 1 amide bonds. The number of aromatic nitrogens is 4. The van der Waals surface area contributed by atoms with Gasteiger partial charge in [-0.1, -0.05) is 13.8 Å². The maximum Gasteiger partial charge on any atom is 0.252 e. The molecule has 25 heavy (non-hydrogen) atoms. The lowest BCUT2D eigenvalue weighted by molar-refractivity contribution is 0.0929. The van der Waals surface area contributed by atoms with Crippen molar-refractivity contribution in [3.63, 3.8) is 0 Å². The van der Waals surface area contributed by atoms with Crippen LogP contribution in [0.5, 0.6) is 0 Å². The highest BCUT2D eigenvalue weighted by Gasteiger charge is 2.25. The monoisotopic (exact) mass is 343 g/mol. The molecule has 1 aliphatic heterocycles. The molecule has 134 valence electrons. The van der Waals surface area contributed by atoms with Crippen LogP contribution in [0.2, 0.25) is 0 Å². The van der Waals surface area contributed by atoms with Gasteiger partial charge in [-0.05, 0) is 24.5 Å². The lowest BCUT2D eigenvalue weighted by Gasteiger charge is -2.21. The average molecular weight is 343 g/mol. The van der Waals surface area contributed by atoms with Crippen LogP contribution in [0, 0.1) is 5.92 Å². The van der Waals surface area contributed by atoms with Crippen LogP contribution < -0.4 is 16.4 Å². The smallest absolute Gasteiger partial charge is 0.252 e. The highest BCUT2D eigenvalue weighted by atomic mass is 16.1. The predicted octanol–water partition coefficient (Wildman–Crippen LogP) is 0.918.